The molecule has 0 spiro atoms. The normalized spacial score (nSPS) is 12.6. The molecule has 0 saturated heterocycles. The molecule has 2 nitrogen and oxygen atoms in total. The van der Waals surface area contributed by atoms with Crippen molar-refractivity contribution in [2.75, 3.05) is 12.9 Å². The van der Waals surface area contributed by atoms with Crippen LogP contribution in [0.2, 0.25) is 0 Å². The van der Waals surface area contributed by atoms with E-state index in [1.807, 2.05) is 13.2 Å². The summed E-state index contributed by atoms with van der Waals surface area (Å²) in [6.07, 6.45) is 4.58. The van der Waals surface area contributed by atoms with E-state index in [-0.39, 0.29) is 5.97 Å². The van der Waals surface area contributed by atoms with Gasteiger partial charge in [0.25, 0.3) is 0 Å². The summed E-state index contributed by atoms with van der Waals surface area (Å²) >= 11 is 1.69. The molecular formula is C9H18O2S. The molecule has 72 valence electrons. The second-order valence-electron chi connectivity index (χ2n) is 2.82. The topological polar surface area (TPSA) is 26.3 Å². The molecule has 0 aromatic carbocycles. The Hall–Kier alpha value is -0.180. The molecule has 3 heteroatoms. The molecule has 0 aromatic heterocycles. The monoisotopic (exact) mass is 190 g/mol. The lowest BCUT2D eigenvalue weighted by Crippen LogP contribution is -2.11. The van der Waals surface area contributed by atoms with Crippen LogP contribution in [0.5, 0.6) is 0 Å². The molecule has 0 rings (SSSR count). The minimum atomic E-state index is -0.0645. The van der Waals surface area contributed by atoms with Gasteiger partial charge >= 0.3 is 5.97 Å². The van der Waals surface area contributed by atoms with Gasteiger partial charge in [0.2, 0.25) is 0 Å². The maximum absolute atomic E-state index is 11.1. The zero-order valence-electron chi connectivity index (χ0n) is 8.13. The van der Waals surface area contributed by atoms with Crippen molar-refractivity contribution in [3.8, 4) is 0 Å². The molecule has 1 unspecified atom stereocenters. The largest absolute Gasteiger partial charge is 0.466 e. The predicted molar refractivity (Wildman–Crippen MR) is 53.5 cm³/mol. The molecule has 12 heavy (non-hydrogen) atoms. The van der Waals surface area contributed by atoms with E-state index in [2.05, 4.69) is 6.92 Å². The highest BCUT2D eigenvalue weighted by molar-refractivity contribution is 7.99. The maximum Gasteiger partial charge on any atom is 0.306 e. The molecule has 1 atom stereocenters. The summed E-state index contributed by atoms with van der Waals surface area (Å²) in [5, 5.41) is 0.374. The maximum atomic E-state index is 11.1. The zero-order valence-corrected chi connectivity index (χ0v) is 8.95. The van der Waals surface area contributed by atoms with Gasteiger partial charge < -0.3 is 4.74 Å². The van der Waals surface area contributed by atoms with E-state index >= 15 is 0 Å². The van der Waals surface area contributed by atoms with Gasteiger partial charge in [-0.25, -0.2) is 0 Å². The third-order valence-electron chi connectivity index (χ3n) is 1.62. The molecule has 0 aliphatic carbocycles. The first-order valence-corrected chi connectivity index (χ1v) is 5.68. The zero-order chi connectivity index (χ0) is 9.40. The molecule has 0 saturated carbocycles. The number of carbonyl (C=O) groups is 1. The lowest BCUT2D eigenvalue weighted by atomic mass is 10.3. The quantitative estimate of drug-likeness (QED) is 0.475. The fraction of sp³-hybridized carbons (Fsp3) is 0.889. The fourth-order valence-corrected chi connectivity index (χ4v) is 1.01. The molecule has 0 aliphatic rings. The van der Waals surface area contributed by atoms with Gasteiger partial charge in [0.1, 0.15) is 0 Å². The number of hydrogen-bond donors (Lipinski definition) is 0. The van der Waals surface area contributed by atoms with Crippen molar-refractivity contribution in [1.82, 2.24) is 0 Å². The summed E-state index contributed by atoms with van der Waals surface area (Å²) in [6.45, 7) is 4.69. The van der Waals surface area contributed by atoms with Gasteiger partial charge in [-0.2, -0.15) is 11.8 Å². The first-order chi connectivity index (χ1) is 5.70. The second kappa shape index (κ2) is 7.47. The Bertz CT molecular complexity index is 126. The van der Waals surface area contributed by atoms with E-state index in [0.29, 0.717) is 18.3 Å². The van der Waals surface area contributed by atoms with Crippen molar-refractivity contribution in [3.63, 3.8) is 0 Å². The van der Waals surface area contributed by atoms with Crippen LogP contribution in [0.1, 0.15) is 33.1 Å². The number of thioether (sulfide) groups is 1. The van der Waals surface area contributed by atoms with Gasteiger partial charge in [-0.3, -0.25) is 4.79 Å². The Balaban J connectivity index is 3.33. The van der Waals surface area contributed by atoms with Crippen molar-refractivity contribution < 1.29 is 9.53 Å². The molecular weight excluding hydrogens is 172 g/mol. The van der Waals surface area contributed by atoms with Gasteiger partial charge in [-0.05, 0) is 12.7 Å². The molecule has 0 amide bonds. The molecule has 0 fully saturated rings. The van der Waals surface area contributed by atoms with Crippen molar-refractivity contribution in [1.29, 1.82) is 0 Å². The number of ether oxygens (including phenoxy) is 1. The summed E-state index contributed by atoms with van der Waals surface area (Å²) in [5.74, 6) is -0.0645. The van der Waals surface area contributed by atoms with Gasteiger partial charge in [-0.1, -0.05) is 20.3 Å². The highest BCUT2D eigenvalue weighted by Gasteiger charge is 2.07. The first kappa shape index (κ1) is 11.8. The van der Waals surface area contributed by atoms with Gasteiger partial charge in [-0.15, -0.1) is 0 Å². The molecule has 0 bridgehead atoms. The molecule has 0 aromatic rings. The van der Waals surface area contributed by atoms with Gasteiger partial charge in [0.15, 0.2) is 0 Å². The van der Waals surface area contributed by atoms with Crippen molar-refractivity contribution in [2.24, 2.45) is 0 Å². The number of carbonyl (C=O) groups excluding carboxylic acids is 1. The lowest BCUT2D eigenvalue weighted by Gasteiger charge is -2.07. The van der Waals surface area contributed by atoms with E-state index in [0.717, 1.165) is 12.8 Å². The van der Waals surface area contributed by atoms with E-state index in [4.69, 9.17) is 4.74 Å². The van der Waals surface area contributed by atoms with E-state index in [1.54, 1.807) is 11.8 Å². The van der Waals surface area contributed by atoms with Crippen LogP contribution in [0.25, 0.3) is 0 Å². The lowest BCUT2D eigenvalue weighted by molar-refractivity contribution is -0.143. The van der Waals surface area contributed by atoms with Crippen LogP contribution in [0.3, 0.4) is 0 Å². The van der Waals surface area contributed by atoms with Crippen molar-refractivity contribution >= 4 is 17.7 Å². The Morgan fingerprint density at radius 3 is 2.75 bits per heavy atom. The van der Waals surface area contributed by atoms with Crippen LogP contribution in [0, 0.1) is 0 Å². The minimum Gasteiger partial charge on any atom is -0.466 e. The Morgan fingerprint density at radius 2 is 2.25 bits per heavy atom. The molecule has 0 aliphatic heterocycles. The van der Waals surface area contributed by atoms with E-state index < -0.39 is 0 Å². The summed E-state index contributed by atoms with van der Waals surface area (Å²) < 4.78 is 5.00. The minimum absolute atomic E-state index is 0.0645. The van der Waals surface area contributed by atoms with Gasteiger partial charge in [0.05, 0.1) is 13.0 Å². The van der Waals surface area contributed by atoms with Crippen LogP contribution in [-0.2, 0) is 9.53 Å². The third kappa shape index (κ3) is 6.53. The van der Waals surface area contributed by atoms with Crippen LogP contribution in [0.4, 0.5) is 0 Å². The van der Waals surface area contributed by atoms with Crippen LogP contribution >= 0.6 is 11.8 Å². The highest BCUT2D eigenvalue weighted by Crippen LogP contribution is 2.10. The van der Waals surface area contributed by atoms with Crippen molar-refractivity contribution in [2.45, 2.75) is 38.4 Å². The summed E-state index contributed by atoms with van der Waals surface area (Å²) in [7, 11) is 0. The Morgan fingerprint density at radius 1 is 1.58 bits per heavy atom. The standard InChI is InChI=1S/C9H18O2S/c1-4-5-6-11-9(10)7-8(2)12-3/h8H,4-7H2,1-3H3. The highest BCUT2D eigenvalue weighted by atomic mass is 32.2. The predicted octanol–water partition coefficient (Wildman–Crippen LogP) is 2.47. The SMILES string of the molecule is CCCCOC(=O)CC(C)SC. The Kier molecular flexibility index (Phi) is 7.36. The summed E-state index contributed by atoms with van der Waals surface area (Å²) in [5.41, 5.74) is 0. The van der Waals surface area contributed by atoms with E-state index in [1.165, 1.54) is 0 Å². The number of esters is 1. The average Bonchev–Trinajstić information content (AvgIpc) is 2.05. The first-order valence-electron chi connectivity index (χ1n) is 4.39. The second-order valence-corrected chi connectivity index (χ2v) is 4.10. The van der Waals surface area contributed by atoms with E-state index in [9.17, 15) is 4.79 Å². The van der Waals surface area contributed by atoms with Crippen molar-refractivity contribution in [3.05, 3.63) is 0 Å². The molecule has 0 heterocycles. The van der Waals surface area contributed by atoms with Gasteiger partial charge in [0, 0.05) is 5.25 Å². The van der Waals surface area contributed by atoms with Crippen LogP contribution < -0.4 is 0 Å². The molecule has 0 radical (unpaired) electrons. The molecule has 0 N–H and O–H groups in total. The smallest absolute Gasteiger partial charge is 0.306 e. The van der Waals surface area contributed by atoms with Crippen LogP contribution in [-0.4, -0.2) is 24.1 Å². The average molecular weight is 190 g/mol. The van der Waals surface area contributed by atoms with Crippen LogP contribution in [0.15, 0.2) is 0 Å². The summed E-state index contributed by atoms with van der Waals surface area (Å²) in [6, 6.07) is 0. The Labute approximate surface area is 79.1 Å². The summed E-state index contributed by atoms with van der Waals surface area (Å²) in [4.78, 5) is 11.1. The third-order valence-corrected chi connectivity index (χ3v) is 2.59. The number of hydrogen-bond acceptors (Lipinski definition) is 3. The number of unbranched alkanes of at least 4 members (excludes halogenated alkanes) is 1. The fourth-order valence-electron chi connectivity index (χ4n) is 0.707. The number of rotatable bonds is 6.